The van der Waals surface area contributed by atoms with Crippen LogP contribution < -0.4 is 16.2 Å². The topological polar surface area (TPSA) is 59.6 Å². The molecule has 3 unspecified atom stereocenters. The SMILES string of the molecule is Cl.O=C(C1NNC2CCNCC21)N1CCN(Cc2ccc(F)cc2Cl)CC1. The number of carbonyl (C=O) groups is 1. The number of amides is 1. The smallest absolute Gasteiger partial charge is 0.241 e. The molecule has 3 saturated heterocycles. The molecule has 6 nitrogen and oxygen atoms in total. The number of halogens is 3. The van der Waals surface area contributed by atoms with E-state index in [0.717, 1.165) is 38.2 Å². The van der Waals surface area contributed by atoms with Gasteiger partial charge in [-0.3, -0.25) is 15.1 Å². The molecule has 0 aliphatic carbocycles. The van der Waals surface area contributed by atoms with E-state index in [1.165, 1.54) is 12.1 Å². The maximum Gasteiger partial charge on any atom is 0.241 e. The van der Waals surface area contributed by atoms with E-state index in [2.05, 4.69) is 21.1 Å². The maximum atomic E-state index is 13.2. The van der Waals surface area contributed by atoms with Gasteiger partial charge in [-0.15, -0.1) is 12.4 Å². The molecule has 1 aromatic rings. The molecule has 3 aliphatic heterocycles. The number of benzene rings is 1. The van der Waals surface area contributed by atoms with E-state index in [9.17, 15) is 9.18 Å². The Morgan fingerprint density at radius 2 is 2.00 bits per heavy atom. The summed E-state index contributed by atoms with van der Waals surface area (Å²) < 4.78 is 13.2. The Balaban J connectivity index is 0.00000210. The van der Waals surface area contributed by atoms with Crippen molar-refractivity contribution >= 4 is 29.9 Å². The van der Waals surface area contributed by atoms with Gasteiger partial charge in [0.25, 0.3) is 0 Å². The molecule has 3 N–H and O–H groups in total. The average molecular weight is 418 g/mol. The number of piperidine rings is 1. The second-order valence-corrected chi connectivity index (χ2v) is 7.77. The number of nitrogens with zero attached hydrogens (tertiary/aromatic N) is 2. The van der Waals surface area contributed by atoms with Crippen molar-refractivity contribution in [3.63, 3.8) is 0 Å². The van der Waals surface area contributed by atoms with Crippen LogP contribution >= 0.6 is 24.0 Å². The van der Waals surface area contributed by atoms with Gasteiger partial charge in [0.1, 0.15) is 11.9 Å². The molecule has 1 aromatic carbocycles. The summed E-state index contributed by atoms with van der Waals surface area (Å²) >= 11 is 6.13. The van der Waals surface area contributed by atoms with Crippen LogP contribution in [0.2, 0.25) is 5.02 Å². The van der Waals surface area contributed by atoms with Crippen molar-refractivity contribution in [2.75, 3.05) is 39.3 Å². The number of hydrogen-bond donors (Lipinski definition) is 3. The van der Waals surface area contributed by atoms with Gasteiger partial charge < -0.3 is 10.2 Å². The second kappa shape index (κ2) is 9.03. The molecule has 0 spiro atoms. The van der Waals surface area contributed by atoms with Gasteiger partial charge in [0.15, 0.2) is 0 Å². The Kier molecular flexibility index (Phi) is 6.94. The van der Waals surface area contributed by atoms with Gasteiger partial charge in [-0.2, -0.15) is 0 Å². The lowest BCUT2D eigenvalue weighted by Crippen LogP contribution is -2.55. The molecule has 3 heterocycles. The third kappa shape index (κ3) is 4.55. The van der Waals surface area contributed by atoms with Crippen molar-refractivity contribution in [1.29, 1.82) is 0 Å². The summed E-state index contributed by atoms with van der Waals surface area (Å²) in [6.07, 6.45) is 1.05. The molecule has 150 valence electrons. The fourth-order valence-electron chi connectivity index (χ4n) is 4.17. The lowest BCUT2D eigenvalue weighted by atomic mass is 9.89. The Morgan fingerprint density at radius 1 is 1.22 bits per heavy atom. The molecule has 1 amide bonds. The monoisotopic (exact) mass is 417 g/mol. The first-order valence-electron chi connectivity index (χ1n) is 9.28. The molecule has 27 heavy (non-hydrogen) atoms. The van der Waals surface area contributed by atoms with Crippen LogP contribution in [0.15, 0.2) is 18.2 Å². The van der Waals surface area contributed by atoms with Gasteiger partial charge in [0, 0.05) is 56.3 Å². The van der Waals surface area contributed by atoms with E-state index >= 15 is 0 Å². The summed E-state index contributed by atoms with van der Waals surface area (Å²) in [7, 11) is 0. The van der Waals surface area contributed by atoms with E-state index in [-0.39, 0.29) is 30.2 Å². The van der Waals surface area contributed by atoms with Crippen LogP contribution in [0.4, 0.5) is 4.39 Å². The lowest BCUT2D eigenvalue weighted by molar-refractivity contribution is -0.136. The zero-order valence-electron chi connectivity index (χ0n) is 15.1. The first-order valence-corrected chi connectivity index (χ1v) is 9.66. The van der Waals surface area contributed by atoms with Gasteiger partial charge >= 0.3 is 0 Å². The molecule has 0 saturated carbocycles. The minimum atomic E-state index is -0.317. The van der Waals surface area contributed by atoms with Gasteiger partial charge in [0.2, 0.25) is 5.91 Å². The fourth-order valence-corrected chi connectivity index (χ4v) is 4.40. The third-order valence-corrected chi connectivity index (χ3v) is 6.09. The van der Waals surface area contributed by atoms with Crippen LogP contribution in [0, 0.1) is 11.7 Å². The number of piperazine rings is 1. The maximum absolute atomic E-state index is 13.2. The van der Waals surface area contributed by atoms with Gasteiger partial charge in [-0.1, -0.05) is 17.7 Å². The normalized spacial score (nSPS) is 28.5. The molecule has 3 fully saturated rings. The standard InChI is InChI=1S/C18H25ClFN5O.ClH/c19-15-9-13(20)2-1-12(15)11-24-5-7-25(8-6-24)18(26)17-14-10-21-4-3-16(14)22-23-17;/h1-2,9,14,16-17,21-23H,3-8,10-11H2;1H. The van der Waals surface area contributed by atoms with Crippen molar-refractivity contribution in [2.24, 2.45) is 5.92 Å². The summed E-state index contributed by atoms with van der Waals surface area (Å²) in [6.45, 7) is 5.57. The number of nitrogens with one attached hydrogen (secondary N) is 3. The highest BCUT2D eigenvalue weighted by atomic mass is 35.5. The van der Waals surface area contributed by atoms with Crippen molar-refractivity contribution in [3.8, 4) is 0 Å². The summed E-state index contributed by atoms with van der Waals surface area (Å²) in [5.41, 5.74) is 7.42. The molecular weight excluding hydrogens is 392 g/mol. The lowest BCUT2D eigenvalue weighted by Gasteiger charge is -2.37. The highest BCUT2D eigenvalue weighted by Gasteiger charge is 2.43. The van der Waals surface area contributed by atoms with E-state index in [0.29, 0.717) is 36.6 Å². The third-order valence-electron chi connectivity index (χ3n) is 5.74. The van der Waals surface area contributed by atoms with Crippen LogP contribution in [-0.4, -0.2) is 67.1 Å². The van der Waals surface area contributed by atoms with Crippen LogP contribution in [0.5, 0.6) is 0 Å². The van der Waals surface area contributed by atoms with Crippen molar-refractivity contribution in [3.05, 3.63) is 34.6 Å². The largest absolute Gasteiger partial charge is 0.339 e. The van der Waals surface area contributed by atoms with Crippen molar-refractivity contribution in [1.82, 2.24) is 26.0 Å². The van der Waals surface area contributed by atoms with Crippen LogP contribution in [0.25, 0.3) is 0 Å². The van der Waals surface area contributed by atoms with Crippen LogP contribution in [0.1, 0.15) is 12.0 Å². The average Bonchev–Trinajstić information content (AvgIpc) is 3.08. The Bertz CT molecular complexity index is 671. The van der Waals surface area contributed by atoms with E-state index in [1.807, 2.05) is 4.90 Å². The Morgan fingerprint density at radius 3 is 2.74 bits per heavy atom. The molecule has 0 aromatic heterocycles. The van der Waals surface area contributed by atoms with E-state index < -0.39 is 0 Å². The first-order chi connectivity index (χ1) is 12.6. The Hall–Kier alpha value is -0.960. The molecule has 0 bridgehead atoms. The molecular formula is C18H26Cl2FN5O. The summed E-state index contributed by atoms with van der Waals surface area (Å²) in [5, 5.41) is 3.85. The zero-order valence-corrected chi connectivity index (χ0v) is 16.7. The molecule has 0 radical (unpaired) electrons. The predicted molar refractivity (Wildman–Crippen MR) is 105 cm³/mol. The number of fused-ring (bicyclic) bond motifs is 1. The number of carbonyl (C=O) groups excluding carboxylic acids is 1. The van der Waals surface area contributed by atoms with E-state index in [1.54, 1.807) is 6.07 Å². The summed E-state index contributed by atoms with van der Waals surface area (Å²) in [5.74, 6) is 0.183. The highest BCUT2D eigenvalue weighted by molar-refractivity contribution is 6.31. The minimum absolute atomic E-state index is 0. The van der Waals surface area contributed by atoms with Gasteiger partial charge in [-0.25, -0.2) is 9.82 Å². The predicted octanol–water partition coefficient (Wildman–Crippen LogP) is 1.000. The second-order valence-electron chi connectivity index (χ2n) is 7.37. The van der Waals surface area contributed by atoms with Crippen molar-refractivity contribution < 1.29 is 9.18 Å². The Labute approximate surface area is 170 Å². The van der Waals surface area contributed by atoms with Gasteiger partial charge in [-0.05, 0) is 30.7 Å². The number of rotatable bonds is 3. The van der Waals surface area contributed by atoms with Gasteiger partial charge in [0.05, 0.1) is 0 Å². The van der Waals surface area contributed by atoms with Crippen molar-refractivity contribution in [2.45, 2.75) is 25.0 Å². The number of hydrogen-bond acceptors (Lipinski definition) is 5. The summed E-state index contributed by atoms with van der Waals surface area (Å²) in [4.78, 5) is 17.1. The highest BCUT2D eigenvalue weighted by Crippen LogP contribution is 2.23. The molecule has 3 atom stereocenters. The van der Waals surface area contributed by atoms with Crippen LogP contribution in [0.3, 0.4) is 0 Å². The van der Waals surface area contributed by atoms with Crippen LogP contribution in [-0.2, 0) is 11.3 Å². The molecule has 3 aliphatic rings. The minimum Gasteiger partial charge on any atom is -0.339 e. The van der Waals surface area contributed by atoms with E-state index in [4.69, 9.17) is 11.6 Å². The molecule has 9 heteroatoms. The molecule has 4 rings (SSSR count). The quantitative estimate of drug-likeness (QED) is 0.684. The number of hydrazine groups is 1. The zero-order chi connectivity index (χ0) is 18.1. The summed E-state index contributed by atoms with van der Waals surface area (Å²) in [6, 6.07) is 4.76. The fraction of sp³-hybridized carbons (Fsp3) is 0.611. The first kappa shape index (κ1) is 20.8.